The van der Waals surface area contributed by atoms with Gasteiger partial charge in [0.2, 0.25) is 0 Å². The van der Waals surface area contributed by atoms with Gasteiger partial charge in [-0.1, -0.05) is 23.7 Å². The zero-order valence-electron chi connectivity index (χ0n) is 16.7. The Morgan fingerprint density at radius 2 is 1.83 bits per heavy atom. The molecule has 0 radical (unpaired) electrons. The second-order valence-electron chi connectivity index (χ2n) is 6.78. The Kier molecular flexibility index (Phi) is 6.32. The molecule has 2 aromatic carbocycles. The van der Waals surface area contributed by atoms with Crippen molar-refractivity contribution in [2.24, 2.45) is 0 Å². The average Bonchev–Trinajstić information content (AvgIpc) is 2.69. The number of halogens is 1. The van der Waals surface area contributed by atoms with Crippen molar-refractivity contribution in [2.45, 2.75) is 20.8 Å². The molecule has 1 heterocycles. The molecule has 3 aromatic rings. The van der Waals surface area contributed by atoms with Gasteiger partial charge in [0, 0.05) is 16.1 Å². The van der Waals surface area contributed by atoms with Crippen molar-refractivity contribution in [3.8, 4) is 0 Å². The van der Waals surface area contributed by atoms with E-state index in [9.17, 15) is 14.4 Å². The number of carbonyl (C=O) groups excluding carboxylic acids is 3. The minimum absolute atomic E-state index is 0.220. The Hall–Kier alpha value is -3.45. The molecule has 0 aliphatic heterocycles. The van der Waals surface area contributed by atoms with Gasteiger partial charge in [-0.15, -0.1) is 0 Å². The summed E-state index contributed by atoms with van der Waals surface area (Å²) in [6, 6.07) is 11.5. The number of imide groups is 1. The Morgan fingerprint density at radius 1 is 1.07 bits per heavy atom. The number of esters is 1. The third-order valence-electron chi connectivity index (χ3n) is 4.63. The molecule has 30 heavy (non-hydrogen) atoms. The van der Waals surface area contributed by atoms with Crippen molar-refractivity contribution >= 4 is 46.1 Å². The fourth-order valence-corrected chi connectivity index (χ4v) is 3.04. The number of anilines is 1. The summed E-state index contributed by atoms with van der Waals surface area (Å²) >= 11 is 5.98. The molecule has 3 amide bonds. The van der Waals surface area contributed by atoms with Crippen molar-refractivity contribution < 1.29 is 19.1 Å². The standard InChI is InChI=1S/C22H20ClN3O4/c1-12-5-4-6-18(13(12)2)25-22(29)26-20(27)11-30-21(28)17-10-15-9-16(23)7-8-19(15)24-14(17)3/h4-10H,11H2,1-3H3,(H2,25,26,27,29). The summed E-state index contributed by atoms with van der Waals surface area (Å²) in [7, 11) is 0. The first-order valence-corrected chi connectivity index (χ1v) is 9.53. The number of ether oxygens (including phenoxy) is 1. The number of nitrogens with zero attached hydrogens (tertiary/aromatic N) is 1. The van der Waals surface area contributed by atoms with Gasteiger partial charge in [0.1, 0.15) is 0 Å². The van der Waals surface area contributed by atoms with E-state index in [2.05, 4.69) is 15.6 Å². The Balaban J connectivity index is 1.59. The fourth-order valence-electron chi connectivity index (χ4n) is 2.86. The van der Waals surface area contributed by atoms with Gasteiger partial charge in [-0.25, -0.2) is 9.59 Å². The van der Waals surface area contributed by atoms with Crippen LogP contribution in [-0.2, 0) is 9.53 Å². The molecule has 0 aliphatic rings. The van der Waals surface area contributed by atoms with E-state index in [4.69, 9.17) is 16.3 Å². The molecule has 0 saturated heterocycles. The molecule has 0 bridgehead atoms. The summed E-state index contributed by atoms with van der Waals surface area (Å²) < 4.78 is 5.04. The van der Waals surface area contributed by atoms with Gasteiger partial charge >= 0.3 is 12.0 Å². The number of urea groups is 1. The highest BCUT2D eigenvalue weighted by atomic mass is 35.5. The van der Waals surface area contributed by atoms with Gasteiger partial charge in [-0.3, -0.25) is 15.1 Å². The molecule has 0 fully saturated rings. The number of pyridine rings is 1. The lowest BCUT2D eigenvalue weighted by atomic mass is 10.1. The lowest BCUT2D eigenvalue weighted by Gasteiger charge is -2.11. The van der Waals surface area contributed by atoms with Crippen molar-refractivity contribution in [3.63, 3.8) is 0 Å². The SMILES string of the molecule is Cc1cccc(NC(=O)NC(=O)COC(=O)c2cc3cc(Cl)ccc3nc2C)c1C. The van der Waals surface area contributed by atoms with Crippen LogP contribution in [0.5, 0.6) is 0 Å². The second-order valence-corrected chi connectivity index (χ2v) is 7.22. The number of hydrogen-bond donors (Lipinski definition) is 2. The molecule has 0 aliphatic carbocycles. The minimum atomic E-state index is -0.749. The molecular weight excluding hydrogens is 406 g/mol. The van der Waals surface area contributed by atoms with Gasteiger partial charge in [0.25, 0.3) is 5.91 Å². The normalized spacial score (nSPS) is 10.5. The summed E-state index contributed by atoms with van der Waals surface area (Å²) in [4.78, 5) is 40.8. The minimum Gasteiger partial charge on any atom is -0.452 e. The van der Waals surface area contributed by atoms with E-state index in [-0.39, 0.29) is 5.56 Å². The predicted octanol–water partition coefficient (Wildman–Crippen LogP) is 4.32. The summed E-state index contributed by atoms with van der Waals surface area (Å²) in [6.07, 6.45) is 0. The van der Waals surface area contributed by atoms with Crippen LogP contribution in [0.15, 0.2) is 42.5 Å². The molecule has 1 aromatic heterocycles. The first-order chi connectivity index (χ1) is 14.2. The predicted molar refractivity (Wildman–Crippen MR) is 115 cm³/mol. The first kappa shape index (κ1) is 21.3. The van der Waals surface area contributed by atoms with Crippen molar-refractivity contribution in [1.82, 2.24) is 10.3 Å². The number of aryl methyl sites for hydroxylation is 2. The van der Waals surface area contributed by atoms with E-state index < -0.39 is 24.5 Å². The number of hydrogen-bond acceptors (Lipinski definition) is 5. The number of amides is 3. The maximum Gasteiger partial charge on any atom is 0.340 e. The molecule has 2 N–H and O–H groups in total. The highest BCUT2D eigenvalue weighted by Gasteiger charge is 2.16. The van der Waals surface area contributed by atoms with Crippen LogP contribution in [-0.4, -0.2) is 29.5 Å². The molecule has 0 saturated carbocycles. The van der Waals surface area contributed by atoms with E-state index in [1.54, 1.807) is 43.3 Å². The number of aromatic nitrogens is 1. The average molecular weight is 426 g/mol. The van der Waals surface area contributed by atoms with Gasteiger partial charge in [0.15, 0.2) is 6.61 Å². The van der Waals surface area contributed by atoms with Crippen LogP contribution in [0.1, 0.15) is 27.2 Å². The molecule has 3 rings (SSSR count). The van der Waals surface area contributed by atoms with Crippen LogP contribution >= 0.6 is 11.6 Å². The first-order valence-electron chi connectivity index (χ1n) is 9.15. The highest BCUT2D eigenvalue weighted by molar-refractivity contribution is 6.31. The van der Waals surface area contributed by atoms with E-state index in [0.717, 1.165) is 11.1 Å². The molecule has 7 nitrogen and oxygen atoms in total. The summed E-state index contributed by atoms with van der Waals surface area (Å²) in [5, 5.41) is 5.93. The van der Waals surface area contributed by atoms with Crippen molar-refractivity contribution in [3.05, 3.63) is 69.9 Å². The zero-order valence-corrected chi connectivity index (χ0v) is 17.5. The molecule has 0 unspecified atom stereocenters. The van der Waals surface area contributed by atoms with Crippen molar-refractivity contribution in [1.29, 1.82) is 0 Å². The van der Waals surface area contributed by atoms with Gasteiger partial charge in [0.05, 0.1) is 16.8 Å². The van der Waals surface area contributed by atoms with Gasteiger partial charge in [-0.05, 0) is 62.2 Å². The van der Waals surface area contributed by atoms with E-state index >= 15 is 0 Å². The third kappa shape index (κ3) is 4.93. The van der Waals surface area contributed by atoms with Crippen LogP contribution in [0, 0.1) is 20.8 Å². The summed E-state index contributed by atoms with van der Waals surface area (Å²) in [6.45, 7) is 4.84. The van der Waals surface area contributed by atoms with Crippen LogP contribution in [0.4, 0.5) is 10.5 Å². The van der Waals surface area contributed by atoms with Crippen molar-refractivity contribution in [2.75, 3.05) is 11.9 Å². The summed E-state index contributed by atoms with van der Waals surface area (Å²) in [5.41, 5.74) is 3.86. The summed E-state index contributed by atoms with van der Waals surface area (Å²) in [5.74, 6) is -1.47. The van der Waals surface area contributed by atoms with Crippen LogP contribution in [0.2, 0.25) is 5.02 Å². The highest BCUT2D eigenvalue weighted by Crippen LogP contribution is 2.21. The van der Waals surface area contributed by atoms with E-state index in [1.165, 1.54) is 0 Å². The molecule has 0 atom stereocenters. The number of rotatable bonds is 4. The number of benzene rings is 2. The van der Waals surface area contributed by atoms with E-state index in [0.29, 0.717) is 27.3 Å². The van der Waals surface area contributed by atoms with Crippen LogP contribution in [0.25, 0.3) is 10.9 Å². The molecular formula is C22H20ClN3O4. The van der Waals surface area contributed by atoms with Gasteiger partial charge < -0.3 is 10.1 Å². The topological polar surface area (TPSA) is 97.4 Å². The number of nitrogens with one attached hydrogen (secondary N) is 2. The maximum atomic E-state index is 12.4. The zero-order chi connectivity index (χ0) is 21.8. The molecule has 154 valence electrons. The lowest BCUT2D eigenvalue weighted by Crippen LogP contribution is -2.37. The third-order valence-corrected chi connectivity index (χ3v) is 4.86. The monoisotopic (exact) mass is 425 g/mol. The Morgan fingerprint density at radius 3 is 2.60 bits per heavy atom. The molecule has 8 heteroatoms. The van der Waals surface area contributed by atoms with Crippen LogP contribution < -0.4 is 10.6 Å². The number of carbonyl (C=O) groups is 3. The van der Waals surface area contributed by atoms with Gasteiger partial charge in [-0.2, -0.15) is 0 Å². The number of fused-ring (bicyclic) bond motifs is 1. The quantitative estimate of drug-likeness (QED) is 0.607. The maximum absolute atomic E-state index is 12.4. The Labute approximate surface area is 178 Å². The lowest BCUT2D eigenvalue weighted by molar-refractivity contribution is -0.123. The van der Waals surface area contributed by atoms with Crippen LogP contribution in [0.3, 0.4) is 0 Å². The smallest absolute Gasteiger partial charge is 0.340 e. The second kappa shape index (κ2) is 8.92. The fraction of sp³-hybridized carbons (Fsp3) is 0.182. The molecule has 0 spiro atoms. The Bertz CT molecular complexity index is 1160. The largest absolute Gasteiger partial charge is 0.452 e. The van der Waals surface area contributed by atoms with E-state index in [1.807, 2.05) is 19.9 Å².